The van der Waals surface area contributed by atoms with Crippen molar-refractivity contribution < 1.29 is 0 Å². The summed E-state index contributed by atoms with van der Waals surface area (Å²) in [5, 5.41) is 0. The van der Waals surface area contributed by atoms with Crippen molar-refractivity contribution in [3.8, 4) is 11.1 Å². The Morgan fingerprint density at radius 3 is 1.35 bits per heavy atom. The number of hydrogen-bond acceptors (Lipinski definition) is 2. The van der Waals surface area contributed by atoms with Crippen LogP contribution in [0.25, 0.3) is 11.1 Å². The van der Waals surface area contributed by atoms with E-state index in [1.165, 1.54) is 33.4 Å². The van der Waals surface area contributed by atoms with Crippen LogP contribution >= 0.6 is 0 Å². The van der Waals surface area contributed by atoms with Gasteiger partial charge in [0.15, 0.2) is 0 Å². The lowest BCUT2D eigenvalue weighted by Gasteiger charge is -2.24. The molecule has 26 heavy (non-hydrogen) atoms. The van der Waals surface area contributed by atoms with Gasteiger partial charge < -0.3 is 0 Å². The Kier molecular flexibility index (Phi) is 4.88. The average molecular weight is 347 g/mol. The van der Waals surface area contributed by atoms with E-state index in [0.29, 0.717) is 13.1 Å². The van der Waals surface area contributed by atoms with E-state index in [1.807, 2.05) is 12.4 Å². The van der Waals surface area contributed by atoms with E-state index in [0.717, 1.165) is 0 Å². The third-order valence-electron chi connectivity index (χ3n) is 5.03. The molecule has 0 aromatic heterocycles. The van der Waals surface area contributed by atoms with Crippen molar-refractivity contribution in [1.82, 2.24) is 0 Å². The number of aliphatic imine (C=N–C) groups is 2. The predicted molar refractivity (Wildman–Crippen MR) is 114 cm³/mol. The van der Waals surface area contributed by atoms with Gasteiger partial charge in [0.25, 0.3) is 0 Å². The summed E-state index contributed by atoms with van der Waals surface area (Å²) >= 11 is 0. The fourth-order valence-corrected chi connectivity index (χ4v) is 3.30. The molecule has 2 heteroatoms. The van der Waals surface area contributed by atoms with Gasteiger partial charge in [-0.15, -0.1) is 0 Å². The van der Waals surface area contributed by atoms with Gasteiger partial charge in [0.2, 0.25) is 0 Å². The fourth-order valence-electron chi connectivity index (χ4n) is 3.30. The monoisotopic (exact) mass is 346 g/mol. The van der Waals surface area contributed by atoms with Gasteiger partial charge in [-0.25, -0.2) is 0 Å². The highest BCUT2D eigenvalue weighted by Gasteiger charge is 2.19. The summed E-state index contributed by atoms with van der Waals surface area (Å²) in [5.74, 6) is 0. The van der Waals surface area contributed by atoms with Crippen LogP contribution in [0.1, 0.15) is 63.8 Å². The second-order valence-electron chi connectivity index (χ2n) is 9.22. The molecule has 2 aromatic rings. The van der Waals surface area contributed by atoms with Gasteiger partial charge in [-0.05, 0) is 44.2 Å². The van der Waals surface area contributed by atoms with Gasteiger partial charge in [0, 0.05) is 12.4 Å². The molecule has 0 saturated heterocycles. The largest absolute Gasteiger partial charge is 0.287 e. The van der Waals surface area contributed by atoms with Gasteiger partial charge in [0.1, 0.15) is 0 Å². The zero-order chi connectivity index (χ0) is 18.9. The molecular weight excluding hydrogens is 316 g/mol. The standard InChI is InChI=1S/C24H30N2/c1-23(2,3)19-7-9-21-17(13-19)15-25-11-12-26-16-18-14-20(24(4,5)6)8-10-22(18)21/h7-14H,15-16H2,1-6H3. The van der Waals surface area contributed by atoms with Crippen molar-refractivity contribution in [1.29, 1.82) is 0 Å². The summed E-state index contributed by atoms with van der Waals surface area (Å²) in [4.78, 5) is 9.10. The molecule has 0 aliphatic carbocycles. The number of hydrogen-bond donors (Lipinski definition) is 0. The van der Waals surface area contributed by atoms with Crippen LogP contribution < -0.4 is 0 Å². The second kappa shape index (κ2) is 6.83. The Morgan fingerprint density at radius 2 is 1.00 bits per heavy atom. The normalized spacial score (nSPS) is 14.7. The molecule has 2 nitrogen and oxygen atoms in total. The van der Waals surface area contributed by atoms with Crippen molar-refractivity contribution in [2.75, 3.05) is 0 Å². The molecule has 136 valence electrons. The molecule has 1 aliphatic rings. The van der Waals surface area contributed by atoms with Crippen LogP contribution in [0, 0.1) is 0 Å². The van der Waals surface area contributed by atoms with Crippen molar-refractivity contribution in [2.24, 2.45) is 9.98 Å². The Balaban J connectivity index is 2.20. The molecule has 0 radical (unpaired) electrons. The van der Waals surface area contributed by atoms with Crippen LogP contribution in [0.4, 0.5) is 0 Å². The molecule has 3 rings (SSSR count). The first-order chi connectivity index (χ1) is 12.2. The van der Waals surface area contributed by atoms with Crippen LogP contribution in [0.15, 0.2) is 46.4 Å². The van der Waals surface area contributed by atoms with Crippen LogP contribution in [-0.4, -0.2) is 12.4 Å². The van der Waals surface area contributed by atoms with E-state index in [9.17, 15) is 0 Å². The number of benzene rings is 2. The maximum atomic E-state index is 4.55. The van der Waals surface area contributed by atoms with Gasteiger partial charge >= 0.3 is 0 Å². The summed E-state index contributed by atoms with van der Waals surface area (Å²) in [7, 11) is 0. The number of nitrogens with zero attached hydrogens (tertiary/aromatic N) is 2. The second-order valence-corrected chi connectivity index (χ2v) is 9.22. The van der Waals surface area contributed by atoms with E-state index in [1.54, 1.807) is 0 Å². The summed E-state index contributed by atoms with van der Waals surface area (Å²) in [6.07, 6.45) is 3.65. The van der Waals surface area contributed by atoms with Gasteiger partial charge in [-0.1, -0.05) is 77.9 Å². The van der Waals surface area contributed by atoms with E-state index < -0.39 is 0 Å². The molecule has 0 spiro atoms. The smallest absolute Gasteiger partial charge is 0.0646 e. The lowest BCUT2D eigenvalue weighted by molar-refractivity contribution is 0.588. The Morgan fingerprint density at radius 1 is 0.615 bits per heavy atom. The van der Waals surface area contributed by atoms with Gasteiger partial charge in [-0.2, -0.15) is 0 Å². The Labute approximate surface area is 158 Å². The van der Waals surface area contributed by atoms with Crippen LogP contribution in [0.3, 0.4) is 0 Å². The van der Waals surface area contributed by atoms with Crippen molar-refractivity contribution in [3.63, 3.8) is 0 Å². The van der Waals surface area contributed by atoms with E-state index >= 15 is 0 Å². The number of fused-ring (bicyclic) bond motifs is 3. The van der Waals surface area contributed by atoms with Gasteiger partial charge in [-0.3, -0.25) is 9.98 Å². The maximum Gasteiger partial charge on any atom is 0.0646 e. The predicted octanol–water partition coefficient (Wildman–Crippen LogP) is 6.10. The topological polar surface area (TPSA) is 24.7 Å². The first-order valence-corrected chi connectivity index (χ1v) is 9.42. The zero-order valence-corrected chi connectivity index (χ0v) is 16.9. The fraction of sp³-hybridized carbons (Fsp3) is 0.417. The molecule has 0 bridgehead atoms. The molecule has 1 heterocycles. The Bertz CT molecular complexity index is 785. The van der Waals surface area contributed by atoms with E-state index in [-0.39, 0.29) is 10.8 Å². The molecular formula is C24H30N2. The minimum atomic E-state index is 0.133. The summed E-state index contributed by atoms with van der Waals surface area (Å²) in [5.41, 5.74) is 8.10. The molecule has 0 fully saturated rings. The SMILES string of the molecule is CC(C)(C)c1ccc2c(c1)CN=CC=NCc1cc(C(C)(C)C)ccc1-2. The van der Waals surface area contributed by atoms with Crippen molar-refractivity contribution in [2.45, 2.75) is 65.5 Å². The highest BCUT2D eigenvalue weighted by molar-refractivity contribution is 6.16. The zero-order valence-electron chi connectivity index (χ0n) is 16.9. The van der Waals surface area contributed by atoms with E-state index in [2.05, 4.69) is 87.9 Å². The maximum absolute atomic E-state index is 4.55. The molecule has 1 aliphatic heterocycles. The summed E-state index contributed by atoms with van der Waals surface area (Å²) in [6, 6.07) is 13.7. The Hall–Kier alpha value is -2.22. The summed E-state index contributed by atoms with van der Waals surface area (Å²) < 4.78 is 0. The van der Waals surface area contributed by atoms with Crippen molar-refractivity contribution >= 4 is 12.4 Å². The minimum Gasteiger partial charge on any atom is -0.287 e. The molecule has 2 aromatic carbocycles. The lowest BCUT2D eigenvalue weighted by atomic mass is 9.82. The minimum absolute atomic E-state index is 0.133. The van der Waals surface area contributed by atoms with Gasteiger partial charge in [0.05, 0.1) is 13.1 Å². The van der Waals surface area contributed by atoms with Crippen molar-refractivity contribution in [3.05, 3.63) is 58.7 Å². The highest BCUT2D eigenvalue weighted by atomic mass is 14.8. The third-order valence-corrected chi connectivity index (χ3v) is 5.03. The quantitative estimate of drug-likeness (QED) is 0.550. The van der Waals surface area contributed by atoms with E-state index in [4.69, 9.17) is 0 Å². The molecule has 0 unspecified atom stereocenters. The van der Waals surface area contributed by atoms with Crippen LogP contribution in [-0.2, 0) is 23.9 Å². The third kappa shape index (κ3) is 3.95. The molecule has 0 amide bonds. The highest BCUT2D eigenvalue weighted by Crippen LogP contribution is 2.35. The van der Waals surface area contributed by atoms with Crippen LogP contribution in [0.5, 0.6) is 0 Å². The average Bonchev–Trinajstić information content (AvgIpc) is 2.56. The molecule has 0 atom stereocenters. The molecule has 0 N–H and O–H groups in total. The number of rotatable bonds is 0. The first kappa shape index (κ1) is 18.6. The van der Waals surface area contributed by atoms with Crippen LogP contribution in [0.2, 0.25) is 0 Å². The summed E-state index contributed by atoms with van der Waals surface area (Å²) in [6.45, 7) is 14.9. The first-order valence-electron chi connectivity index (χ1n) is 9.42. The molecule has 0 saturated carbocycles. The lowest BCUT2D eigenvalue weighted by Crippen LogP contribution is -2.13.